The van der Waals surface area contributed by atoms with Crippen molar-refractivity contribution < 1.29 is 9.90 Å². The van der Waals surface area contributed by atoms with E-state index >= 15 is 0 Å². The molecule has 2 aliphatic rings. The summed E-state index contributed by atoms with van der Waals surface area (Å²) < 4.78 is 0.237. The van der Waals surface area contributed by atoms with Crippen LogP contribution < -0.4 is 5.73 Å². The maximum absolute atomic E-state index is 10.6. The summed E-state index contributed by atoms with van der Waals surface area (Å²) in [7, 11) is 0. The zero-order chi connectivity index (χ0) is 9.47. The standard InChI is InChI=1S/C9H15NO2S/c10-7-1-2-13-9(5-7)3-6(4-9)8(11)12/h6-7H,1-5,10H2,(H,11,12). The Balaban J connectivity index is 1.91. The second-order valence-corrected chi connectivity index (χ2v) is 5.79. The molecular weight excluding hydrogens is 186 g/mol. The van der Waals surface area contributed by atoms with Crippen molar-refractivity contribution in [3.05, 3.63) is 0 Å². The van der Waals surface area contributed by atoms with Crippen molar-refractivity contribution in [2.24, 2.45) is 11.7 Å². The van der Waals surface area contributed by atoms with Gasteiger partial charge in [-0.15, -0.1) is 0 Å². The van der Waals surface area contributed by atoms with Gasteiger partial charge in [0.2, 0.25) is 0 Å². The molecule has 0 amide bonds. The number of rotatable bonds is 1. The fraction of sp³-hybridized carbons (Fsp3) is 0.889. The summed E-state index contributed by atoms with van der Waals surface area (Å²) in [6, 6.07) is 0.302. The number of carboxylic acid groups (broad SMARTS) is 1. The molecule has 0 aromatic heterocycles. The smallest absolute Gasteiger partial charge is 0.306 e. The van der Waals surface area contributed by atoms with Gasteiger partial charge in [-0.1, -0.05) is 0 Å². The molecule has 13 heavy (non-hydrogen) atoms. The molecule has 3 N–H and O–H groups in total. The Morgan fingerprint density at radius 3 is 2.69 bits per heavy atom. The van der Waals surface area contributed by atoms with Gasteiger partial charge >= 0.3 is 5.97 Å². The van der Waals surface area contributed by atoms with Crippen LogP contribution >= 0.6 is 11.8 Å². The third-order valence-corrected chi connectivity index (χ3v) is 4.67. The summed E-state index contributed by atoms with van der Waals surface area (Å²) in [5.41, 5.74) is 5.88. The predicted molar refractivity (Wildman–Crippen MR) is 52.8 cm³/mol. The van der Waals surface area contributed by atoms with Crippen molar-refractivity contribution in [3.8, 4) is 0 Å². The number of thioether (sulfide) groups is 1. The summed E-state index contributed by atoms with van der Waals surface area (Å²) in [4.78, 5) is 10.6. The first-order valence-corrected chi connectivity index (χ1v) is 5.72. The van der Waals surface area contributed by atoms with Gasteiger partial charge in [-0.2, -0.15) is 11.8 Å². The molecular formula is C9H15NO2S. The van der Waals surface area contributed by atoms with Crippen LogP contribution in [0.25, 0.3) is 0 Å². The van der Waals surface area contributed by atoms with E-state index in [0.29, 0.717) is 6.04 Å². The van der Waals surface area contributed by atoms with E-state index in [1.807, 2.05) is 11.8 Å². The fourth-order valence-corrected chi connectivity index (χ4v) is 4.19. The third-order valence-electron chi connectivity index (χ3n) is 3.12. The van der Waals surface area contributed by atoms with E-state index in [1.165, 1.54) is 0 Å². The van der Waals surface area contributed by atoms with E-state index in [-0.39, 0.29) is 10.7 Å². The van der Waals surface area contributed by atoms with Crippen molar-refractivity contribution in [3.63, 3.8) is 0 Å². The van der Waals surface area contributed by atoms with Gasteiger partial charge in [-0.25, -0.2) is 0 Å². The molecule has 1 saturated heterocycles. The number of carbonyl (C=O) groups is 1. The van der Waals surface area contributed by atoms with Crippen molar-refractivity contribution in [1.82, 2.24) is 0 Å². The Morgan fingerprint density at radius 2 is 2.15 bits per heavy atom. The van der Waals surface area contributed by atoms with Gasteiger partial charge in [0.15, 0.2) is 0 Å². The van der Waals surface area contributed by atoms with E-state index in [4.69, 9.17) is 10.8 Å². The molecule has 1 saturated carbocycles. The topological polar surface area (TPSA) is 63.3 Å². The highest BCUT2D eigenvalue weighted by molar-refractivity contribution is 8.00. The number of hydrogen-bond acceptors (Lipinski definition) is 3. The molecule has 0 aromatic rings. The van der Waals surface area contributed by atoms with Crippen LogP contribution in [0.2, 0.25) is 0 Å². The first kappa shape index (κ1) is 9.34. The lowest BCUT2D eigenvalue weighted by Gasteiger charge is -2.49. The Hall–Kier alpha value is -0.220. The summed E-state index contributed by atoms with van der Waals surface area (Å²) in [6.07, 6.45) is 3.77. The fourth-order valence-electron chi connectivity index (χ4n) is 2.36. The van der Waals surface area contributed by atoms with Crippen LogP contribution in [0, 0.1) is 5.92 Å². The summed E-state index contributed by atoms with van der Waals surface area (Å²) in [5.74, 6) is 0.371. The third kappa shape index (κ3) is 1.70. The Morgan fingerprint density at radius 1 is 1.46 bits per heavy atom. The maximum Gasteiger partial charge on any atom is 0.306 e. The van der Waals surface area contributed by atoms with Crippen molar-refractivity contribution in [2.75, 3.05) is 5.75 Å². The molecule has 4 heteroatoms. The van der Waals surface area contributed by atoms with Gasteiger partial charge in [0.1, 0.15) is 0 Å². The average molecular weight is 201 g/mol. The lowest BCUT2D eigenvalue weighted by Crippen LogP contribution is -2.50. The summed E-state index contributed by atoms with van der Waals surface area (Å²) >= 11 is 1.93. The van der Waals surface area contributed by atoms with E-state index in [9.17, 15) is 4.79 Å². The number of aliphatic carboxylic acids is 1. The van der Waals surface area contributed by atoms with Crippen LogP contribution in [0.15, 0.2) is 0 Å². The van der Waals surface area contributed by atoms with E-state index in [0.717, 1.165) is 31.4 Å². The first-order chi connectivity index (χ1) is 6.11. The van der Waals surface area contributed by atoms with Gasteiger partial charge in [0, 0.05) is 10.8 Å². The first-order valence-electron chi connectivity index (χ1n) is 4.74. The Kier molecular flexibility index (Phi) is 2.28. The highest BCUT2D eigenvalue weighted by Crippen LogP contribution is 2.53. The quantitative estimate of drug-likeness (QED) is 0.666. The minimum atomic E-state index is -0.634. The highest BCUT2D eigenvalue weighted by Gasteiger charge is 2.49. The molecule has 0 bridgehead atoms. The Labute approximate surface area is 82.1 Å². The molecule has 1 aliphatic carbocycles. The minimum absolute atomic E-state index is 0.0993. The molecule has 0 radical (unpaired) electrons. The van der Waals surface area contributed by atoms with Gasteiger partial charge in [0.05, 0.1) is 5.92 Å². The minimum Gasteiger partial charge on any atom is -0.481 e. The zero-order valence-electron chi connectivity index (χ0n) is 7.53. The number of hydrogen-bond donors (Lipinski definition) is 2. The molecule has 2 rings (SSSR count). The molecule has 3 nitrogen and oxygen atoms in total. The average Bonchev–Trinajstić information content (AvgIpc) is 1.99. The monoisotopic (exact) mass is 201 g/mol. The van der Waals surface area contributed by atoms with Crippen LogP contribution in [0.1, 0.15) is 25.7 Å². The maximum atomic E-state index is 10.6. The predicted octanol–water partition coefficient (Wildman–Crippen LogP) is 1.07. The molecule has 1 heterocycles. The lowest BCUT2D eigenvalue weighted by molar-refractivity contribution is -0.145. The molecule has 1 unspecified atom stereocenters. The van der Waals surface area contributed by atoms with Crippen LogP contribution in [0.5, 0.6) is 0 Å². The van der Waals surface area contributed by atoms with Crippen molar-refractivity contribution >= 4 is 17.7 Å². The molecule has 2 fully saturated rings. The van der Waals surface area contributed by atoms with Gasteiger partial charge in [-0.05, 0) is 31.4 Å². The summed E-state index contributed by atoms with van der Waals surface area (Å²) in [6.45, 7) is 0. The van der Waals surface area contributed by atoms with E-state index < -0.39 is 5.97 Å². The Bertz CT molecular complexity index is 226. The highest BCUT2D eigenvalue weighted by atomic mass is 32.2. The normalized spacial score (nSPS) is 44.4. The van der Waals surface area contributed by atoms with Crippen LogP contribution in [-0.2, 0) is 4.79 Å². The SMILES string of the molecule is NC1CCSC2(C1)CC(C(=O)O)C2. The van der Waals surface area contributed by atoms with Crippen LogP contribution in [-0.4, -0.2) is 27.6 Å². The van der Waals surface area contributed by atoms with Gasteiger partial charge < -0.3 is 10.8 Å². The molecule has 1 atom stereocenters. The van der Waals surface area contributed by atoms with E-state index in [1.54, 1.807) is 0 Å². The number of carboxylic acids is 1. The summed E-state index contributed by atoms with van der Waals surface area (Å²) in [5, 5.41) is 8.77. The van der Waals surface area contributed by atoms with Crippen molar-refractivity contribution in [1.29, 1.82) is 0 Å². The van der Waals surface area contributed by atoms with Crippen LogP contribution in [0.4, 0.5) is 0 Å². The lowest BCUT2D eigenvalue weighted by atomic mass is 9.70. The second-order valence-electron chi connectivity index (χ2n) is 4.23. The molecule has 1 spiro atoms. The van der Waals surface area contributed by atoms with Crippen LogP contribution in [0.3, 0.4) is 0 Å². The zero-order valence-corrected chi connectivity index (χ0v) is 8.35. The molecule has 0 aromatic carbocycles. The largest absolute Gasteiger partial charge is 0.481 e. The number of nitrogens with two attached hydrogens (primary N) is 1. The second kappa shape index (κ2) is 3.17. The van der Waals surface area contributed by atoms with E-state index in [2.05, 4.69) is 0 Å². The van der Waals surface area contributed by atoms with Gasteiger partial charge in [0.25, 0.3) is 0 Å². The molecule has 74 valence electrons. The molecule has 1 aliphatic heterocycles. The van der Waals surface area contributed by atoms with Crippen molar-refractivity contribution in [2.45, 2.75) is 36.5 Å². The van der Waals surface area contributed by atoms with Gasteiger partial charge in [-0.3, -0.25) is 4.79 Å².